The molecule has 0 saturated heterocycles. The molecule has 0 radical (unpaired) electrons. The molecule has 0 aromatic heterocycles. The van der Waals surface area contributed by atoms with E-state index in [-0.39, 0.29) is 37.4 Å². The average Bonchev–Trinajstić information content (AvgIpc) is 2.62. The van der Waals surface area contributed by atoms with Gasteiger partial charge < -0.3 is 19.9 Å². The van der Waals surface area contributed by atoms with Crippen molar-refractivity contribution < 1.29 is 19.1 Å². The average molecular weight is 413 g/mol. The molecule has 1 aromatic carbocycles. The lowest BCUT2D eigenvalue weighted by atomic mass is 10.3. The maximum Gasteiger partial charge on any atom is 0.244 e. The fourth-order valence-electron chi connectivity index (χ4n) is 2.59. The van der Waals surface area contributed by atoms with Gasteiger partial charge in [0.25, 0.3) is 0 Å². The van der Waals surface area contributed by atoms with Gasteiger partial charge in [0.15, 0.2) is 0 Å². The van der Waals surface area contributed by atoms with Crippen LogP contribution < -0.4 is 10.1 Å². The van der Waals surface area contributed by atoms with Crippen molar-refractivity contribution in [2.24, 2.45) is 0 Å². The molecule has 0 aliphatic carbocycles. The van der Waals surface area contributed by atoms with Crippen LogP contribution in [0.25, 0.3) is 0 Å². The van der Waals surface area contributed by atoms with Crippen LogP contribution in [-0.4, -0.2) is 86.4 Å². The van der Waals surface area contributed by atoms with E-state index in [1.807, 2.05) is 13.8 Å². The number of benzene rings is 1. The molecule has 3 amide bonds. The number of likely N-dealkylation sites (N-methyl/N-ethyl adjacent to an activating group) is 3. The summed E-state index contributed by atoms with van der Waals surface area (Å²) in [6.07, 6.45) is 0. The third-order valence-electron chi connectivity index (χ3n) is 4.17. The van der Waals surface area contributed by atoms with E-state index in [0.717, 1.165) is 0 Å². The molecule has 0 unspecified atom stereocenters. The van der Waals surface area contributed by atoms with Gasteiger partial charge in [0.2, 0.25) is 17.7 Å². The normalized spacial score (nSPS) is 10.5. The van der Waals surface area contributed by atoms with E-state index < -0.39 is 0 Å². The van der Waals surface area contributed by atoms with Crippen LogP contribution in [0.15, 0.2) is 18.2 Å². The zero-order chi connectivity index (χ0) is 21.3. The van der Waals surface area contributed by atoms with Crippen LogP contribution in [0, 0.1) is 0 Å². The second-order valence-electron chi connectivity index (χ2n) is 6.38. The Morgan fingerprint density at radius 3 is 2.21 bits per heavy atom. The molecule has 1 N–H and O–H groups in total. The lowest BCUT2D eigenvalue weighted by Crippen LogP contribution is -2.44. The number of halogens is 1. The number of nitrogens with one attached hydrogen (secondary N) is 1. The monoisotopic (exact) mass is 412 g/mol. The number of methoxy groups -OCH3 is 1. The molecule has 9 heteroatoms. The molecule has 1 aromatic rings. The quantitative estimate of drug-likeness (QED) is 0.630. The molecular weight excluding hydrogens is 384 g/mol. The first-order valence-corrected chi connectivity index (χ1v) is 9.43. The van der Waals surface area contributed by atoms with Gasteiger partial charge in [-0.15, -0.1) is 0 Å². The summed E-state index contributed by atoms with van der Waals surface area (Å²) < 4.78 is 5.18. The number of carbonyl (C=O) groups excluding carboxylic acids is 3. The van der Waals surface area contributed by atoms with E-state index in [9.17, 15) is 14.4 Å². The van der Waals surface area contributed by atoms with Crippen molar-refractivity contribution in [3.05, 3.63) is 23.2 Å². The van der Waals surface area contributed by atoms with Gasteiger partial charge in [0, 0.05) is 25.2 Å². The molecule has 8 nitrogen and oxygen atoms in total. The molecular formula is C19H29ClN4O4. The number of nitrogens with zero attached hydrogens (tertiary/aromatic N) is 3. The van der Waals surface area contributed by atoms with E-state index in [1.54, 1.807) is 35.0 Å². The molecule has 28 heavy (non-hydrogen) atoms. The Morgan fingerprint density at radius 2 is 1.64 bits per heavy atom. The first-order valence-electron chi connectivity index (χ1n) is 9.05. The molecule has 0 bridgehead atoms. The fourth-order valence-corrected chi connectivity index (χ4v) is 2.76. The van der Waals surface area contributed by atoms with E-state index in [1.165, 1.54) is 19.1 Å². The lowest BCUT2D eigenvalue weighted by Gasteiger charge is -2.24. The summed E-state index contributed by atoms with van der Waals surface area (Å²) in [7, 11) is 4.73. The number of anilines is 1. The minimum Gasteiger partial charge on any atom is -0.495 e. The van der Waals surface area contributed by atoms with Gasteiger partial charge in [0.05, 0.1) is 32.4 Å². The Hall–Kier alpha value is -2.32. The Balaban J connectivity index is 2.56. The second kappa shape index (κ2) is 11.5. The van der Waals surface area contributed by atoms with Crippen LogP contribution in [0.1, 0.15) is 13.8 Å². The highest BCUT2D eigenvalue weighted by Gasteiger charge is 2.19. The van der Waals surface area contributed by atoms with Crippen molar-refractivity contribution >= 4 is 35.0 Å². The standard InChI is InChI=1S/C19H29ClN4O4/c1-6-24(7-2)19(27)13-22(3)12-18(26)23(4)11-17(25)21-15-10-14(20)8-9-16(15)28-5/h8-10H,6-7,11-13H2,1-5H3,(H,21,25). The van der Waals surface area contributed by atoms with Gasteiger partial charge >= 0.3 is 0 Å². The molecule has 0 aliphatic heterocycles. The highest BCUT2D eigenvalue weighted by Crippen LogP contribution is 2.27. The van der Waals surface area contributed by atoms with Gasteiger partial charge in [-0.25, -0.2) is 0 Å². The van der Waals surface area contributed by atoms with Gasteiger partial charge in [0.1, 0.15) is 5.75 Å². The highest BCUT2D eigenvalue weighted by atomic mass is 35.5. The summed E-state index contributed by atoms with van der Waals surface area (Å²) in [5, 5.41) is 3.15. The van der Waals surface area contributed by atoms with Crippen molar-refractivity contribution in [1.29, 1.82) is 0 Å². The molecule has 0 spiro atoms. The number of ether oxygens (including phenoxy) is 1. The Kier molecular flexibility index (Phi) is 9.75. The topological polar surface area (TPSA) is 82.2 Å². The third kappa shape index (κ3) is 7.36. The number of hydrogen-bond donors (Lipinski definition) is 1. The summed E-state index contributed by atoms with van der Waals surface area (Å²) in [6.45, 7) is 5.13. The largest absolute Gasteiger partial charge is 0.495 e. The van der Waals surface area contributed by atoms with E-state index in [0.29, 0.717) is 29.5 Å². The Morgan fingerprint density at radius 1 is 1.04 bits per heavy atom. The summed E-state index contributed by atoms with van der Waals surface area (Å²) in [5.41, 5.74) is 0.433. The summed E-state index contributed by atoms with van der Waals surface area (Å²) >= 11 is 5.95. The molecule has 0 fully saturated rings. The predicted octanol–water partition coefficient (Wildman–Crippen LogP) is 1.55. The Bertz CT molecular complexity index is 695. The molecule has 0 saturated carbocycles. The van der Waals surface area contributed by atoms with Crippen LogP contribution in [0.2, 0.25) is 5.02 Å². The summed E-state index contributed by atoms with van der Waals surface area (Å²) in [5.74, 6) is -0.198. The van der Waals surface area contributed by atoms with Crippen LogP contribution in [-0.2, 0) is 14.4 Å². The molecule has 0 heterocycles. The van der Waals surface area contributed by atoms with Gasteiger partial charge in [-0.3, -0.25) is 19.3 Å². The highest BCUT2D eigenvalue weighted by molar-refractivity contribution is 6.31. The smallest absolute Gasteiger partial charge is 0.244 e. The van der Waals surface area contributed by atoms with E-state index in [2.05, 4.69) is 5.32 Å². The minimum absolute atomic E-state index is 0.0336. The number of amides is 3. The van der Waals surface area contributed by atoms with Crippen molar-refractivity contribution in [1.82, 2.24) is 14.7 Å². The second-order valence-corrected chi connectivity index (χ2v) is 6.82. The third-order valence-corrected chi connectivity index (χ3v) is 4.40. The van der Waals surface area contributed by atoms with E-state index in [4.69, 9.17) is 16.3 Å². The van der Waals surface area contributed by atoms with E-state index >= 15 is 0 Å². The van der Waals surface area contributed by atoms with Gasteiger partial charge in [-0.2, -0.15) is 0 Å². The van der Waals surface area contributed by atoms with Crippen molar-refractivity contribution in [2.75, 3.05) is 59.2 Å². The van der Waals surface area contributed by atoms with Gasteiger partial charge in [-0.05, 0) is 39.1 Å². The van der Waals surface area contributed by atoms with Crippen LogP contribution in [0.3, 0.4) is 0 Å². The zero-order valence-corrected chi connectivity index (χ0v) is 17.9. The van der Waals surface area contributed by atoms with Gasteiger partial charge in [-0.1, -0.05) is 11.6 Å². The molecule has 156 valence electrons. The summed E-state index contributed by atoms with van der Waals surface area (Å²) in [6, 6.07) is 4.88. The zero-order valence-electron chi connectivity index (χ0n) is 17.1. The maximum absolute atomic E-state index is 12.3. The molecule has 0 atom stereocenters. The first-order chi connectivity index (χ1) is 13.2. The van der Waals surface area contributed by atoms with Crippen molar-refractivity contribution in [3.63, 3.8) is 0 Å². The molecule has 1 rings (SSSR count). The van der Waals surface area contributed by atoms with Crippen LogP contribution in [0.5, 0.6) is 5.75 Å². The SMILES string of the molecule is CCN(CC)C(=O)CN(C)CC(=O)N(C)CC(=O)Nc1cc(Cl)ccc1OC. The fraction of sp³-hybridized carbons (Fsp3) is 0.526. The number of hydrogen-bond acceptors (Lipinski definition) is 5. The number of rotatable bonds is 10. The number of carbonyl (C=O) groups is 3. The lowest BCUT2D eigenvalue weighted by molar-refractivity contribution is -0.136. The van der Waals surface area contributed by atoms with Crippen LogP contribution in [0.4, 0.5) is 5.69 Å². The van der Waals surface area contributed by atoms with Crippen LogP contribution >= 0.6 is 11.6 Å². The van der Waals surface area contributed by atoms with Crippen molar-refractivity contribution in [3.8, 4) is 5.75 Å². The predicted molar refractivity (Wildman–Crippen MR) is 110 cm³/mol. The Labute approximate surface area is 171 Å². The molecule has 0 aliphatic rings. The maximum atomic E-state index is 12.3. The minimum atomic E-state index is -0.377. The first kappa shape index (κ1) is 23.7. The van der Waals surface area contributed by atoms with Crippen molar-refractivity contribution in [2.45, 2.75) is 13.8 Å². The summed E-state index contributed by atoms with van der Waals surface area (Å²) in [4.78, 5) is 41.4.